The van der Waals surface area contributed by atoms with Gasteiger partial charge >= 0.3 is 0 Å². The van der Waals surface area contributed by atoms with E-state index in [1.54, 1.807) is 0 Å². The van der Waals surface area contributed by atoms with Gasteiger partial charge in [0.1, 0.15) is 0 Å². The lowest BCUT2D eigenvalue weighted by atomic mass is 9.82. The Hall–Kier alpha value is -0.160. The van der Waals surface area contributed by atoms with Gasteiger partial charge in [-0.3, -0.25) is 0 Å². The molecule has 0 spiro atoms. The molecule has 30 heavy (non-hydrogen) atoms. The number of rotatable bonds is 11. The molecule has 0 aromatic rings. The van der Waals surface area contributed by atoms with Crippen molar-refractivity contribution in [2.75, 3.05) is 0 Å². The van der Waals surface area contributed by atoms with Crippen LogP contribution in [0.5, 0.6) is 0 Å². The minimum absolute atomic E-state index is 0.157. The highest BCUT2D eigenvalue weighted by molar-refractivity contribution is 4.81. The molecule has 0 unspecified atom stereocenters. The van der Waals surface area contributed by atoms with Crippen molar-refractivity contribution in [2.24, 2.45) is 16.7 Å². The van der Waals surface area contributed by atoms with E-state index in [1.807, 2.05) is 0 Å². The van der Waals surface area contributed by atoms with Crippen LogP contribution in [-0.2, 0) is 19.6 Å². The second-order valence-corrected chi connectivity index (χ2v) is 13.3. The van der Waals surface area contributed by atoms with Gasteiger partial charge in [-0.1, -0.05) is 67.7 Å². The fourth-order valence-corrected chi connectivity index (χ4v) is 5.07. The van der Waals surface area contributed by atoms with E-state index in [4.69, 9.17) is 19.6 Å². The fourth-order valence-electron chi connectivity index (χ4n) is 5.07. The van der Waals surface area contributed by atoms with Crippen LogP contribution in [0.25, 0.3) is 0 Å². The van der Waals surface area contributed by atoms with Gasteiger partial charge in [-0.2, -0.15) is 9.78 Å². The van der Waals surface area contributed by atoms with Gasteiger partial charge in [0.05, 0.1) is 11.2 Å². The molecule has 180 valence electrons. The molecule has 4 nitrogen and oxygen atoms in total. The third kappa shape index (κ3) is 11.5. The average Bonchev–Trinajstić information content (AvgIpc) is 2.54. The molecule has 1 aliphatic carbocycles. The first-order valence-corrected chi connectivity index (χ1v) is 12.2. The van der Waals surface area contributed by atoms with Crippen molar-refractivity contribution in [3.05, 3.63) is 0 Å². The van der Waals surface area contributed by atoms with E-state index in [9.17, 15) is 0 Å². The zero-order valence-electron chi connectivity index (χ0n) is 22.1. The van der Waals surface area contributed by atoms with Crippen molar-refractivity contribution in [3.8, 4) is 0 Å². The third-order valence-electron chi connectivity index (χ3n) is 5.58. The first kappa shape index (κ1) is 27.9. The van der Waals surface area contributed by atoms with Gasteiger partial charge in [-0.15, -0.1) is 0 Å². The molecule has 0 bridgehead atoms. The predicted octanol–water partition coefficient (Wildman–Crippen LogP) is 8.39. The molecular weight excluding hydrogens is 376 g/mol. The molecule has 1 rings (SSSR count). The second kappa shape index (κ2) is 10.6. The quantitative estimate of drug-likeness (QED) is 0.188. The molecule has 0 aromatic heterocycles. The molecule has 0 atom stereocenters. The zero-order chi connectivity index (χ0) is 23.3. The summed E-state index contributed by atoms with van der Waals surface area (Å²) < 4.78 is 0. The van der Waals surface area contributed by atoms with E-state index in [-0.39, 0.29) is 10.8 Å². The molecular formula is C26H52O4. The summed E-state index contributed by atoms with van der Waals surface area (Å²) in [4.78, 5) is 24.3. The van der Waals surface area contributed by atoms with Gasteiger partial charge in [0.2, 0.25) is 5.79 Å². The van der Waals surface area contributed by atoms with Gasteiger partial charge < -0.3 is 0 Å². The van der Waals surface area contributed by atoms with Crippen molar-refractivity contribution < 1.29 is 19.6 Å². The van der Waals surface area contributed by atoms with Crippen LogP contribution in [0, 0.1) is 16.7 Å². The molecule has 4 heteroatoms. The van der Waals surface area contributed by atoms with E-state index < -0.39 is 17.0 Å². The molecule has 0 saturated heterocycles. The topological polar surface area (TPSA) is 36.9 Å². The molecule has 0 aliphatic heterocycles. The molecule has 0 N–H and O–H groups in total. The minimum atomic E-state index is -0.826. The summed E-state index contributed by atoms with van der Waals surface area (Å²) in [5.74, 6) is -0.0806. The normalized spacial score (nSPS) is 19.3. The Morgan fingerprint density at radius 3 is 1.43 bits per heavy atom. The highest BCUT2D eigenvalue weighted by Crippen LogP contribution is 2.41. The monoisotopic (exact) mass is 428 g/mol. The summed E-state index contributed by atoms with van der Waals surface area (Å²) in [6, 6.07) is 0. The lowest BCUT2D eigenvalue weighted by Crippen LogP contribution is -2.45. The third-order valence-corrected chi connectivity index (χ3v) is 5.58. The Kier molecular flexibility index (Phi) is 9.88. The van der Waals surface area contributed by atoms with E-state index in [1.165, 1.54) is 19.3 Å². The Bertz CT molecular complexity index is 454. The maximum atomic E-state index is 6.11. The van der Waals surface area contributed by atoms with Crippen LogP contribution in [0.4, 0.5) is 0 Å². The van der Waals surface area contributed by atoms with Crippen molar-refractivity contribution in [3.63, 3.8) is 0 Å². The highest BCUT2D eigenvalue weighted by atomic mass is 17.3. The van der Waals surface area contributed by atoms with Crippen LogP contribution in [0.3, 0.4) is 0 Å². The average molecular weight is 429 g/mol. The summed E-state index contributed by atoms with van der Waals surface area (Å²) in [5, 5.41) is 0. The van der Waals surface area contributed by atoms with Crippen LogP contribution in [-0.4, -0.2) is 17.0 Å². The molecule has 1 fully saturated rings. The van der Waals surface area contributed by atoms with Crippen LogP contribution < -0.4 is 0 Å². The first-order valence-electron chi connectivity index (χ1n) is 12.2. The lowest BCUT2D eigenvalue weighted by Gasteiger charge is -2.42. The summed E-state index contributed by atoms with van der Waals surface area (Å²) in [6.07, 6.45) is 9.42. The summed E-state index contributed by atoms with van der Waals surface area (Å²) in [7, 11) is 0. The van der Waals surface area contributed by atoms with Crippen molar-refractivity contribution in [2.45, 2.75) is 151 Å². The summed E-state index contributed by atoms with van der Waals surface area (Å²) in [6.45, 7) is 23.9. The Balaban J connectivity index is 2.82. The van der Waals surface area contributed by atoms with Gasteiger partial charge in [-0.25, -0.2) is 9.78 Å². The Morgan fingerprint density at radius 1 is 0.700 bits per heavy atom. The van der Waals surface area contributed by atoms with Gasteiger partial charge in [0.25, 0.3) is 0 Å². The number of unbranched alkanes of at least 4 members (excludes halogenated alkanes) is 1. The van der Waals surface area contributed by atoms with Crippen molar-refractivity contribution in [1.29, 1.82) is 0 Å². The first-order chi connectivity index (χ1) is 13.5. The molecule has 0 amide bonds. The molecule has 0 aromatic carbocycles. The standard InChI is InChI=1S/C26H52O4/c1-12-13-14-21-15-17-26(18-16-21,29-27-24(8,9)19-22(2,3)4)30-28-25(10,11)20-23(5,6)7/h21H,12-20H2,1-11H3. The zero-order valence-corrected chi connectivity index (χ0v) is 22.1. The predicted molar refractivity (Wildman–Crippen MR) is 125 cm³/mol. The molecule has 1 aliphatic rings. The largest absolute Gasteiger partial charge is 0.234 e. The van der Waals surface area contributed by atoms with Gasteiger partial charge in [0, 0.05) is 12.8 Å². The van der Waals surface area contributed by atoms with Crippen LogP contribution in [0.1, 0.15) is 134 Å². The maximum absolute atomic E-state index is 6.11. The molecule has 0 radical (unpaired) electrons. The Morgan fingerprint density at radius 2 is 1.10 bits per heavy atom. The van der Waals surface area contributed by atoms with Crippen LogP contribution in [0.2, 0.25) is 0 Å². The van der Waals surface area contributed by atoms with Crippen LogP contribution in [0.15, 0.2) is 0 Å². The number of hydrogen-bond acceptors (Lipinski definition) is 4. The van der Waals surface area contributed by atoms with E-state index >= 15 is 0 Å². The van der Waals surface area contributed by atoms with Gasteiger partial charge in [-0.05, 0) is 70.1 Å². The second-order valence-electron chi connectivity index (χ2n) is 13.3. The van der Waals surface area contributed by atoms with Crippen molar-refractivity contribution in [1.82, 2.24) is 0 Å². The van der Waals surface area contributed by atoms with Crippen molar-refractivity contribution >= 4 is 0 Å². The molecule has 1 saturated carbocycles. The smallest absolute Gasteiger partial charge is 0.228 e. The van der Waals surface area contributed by atoms with E-state index in [2.05, 4.69) is 76.2 Å². The van der Waals surface area contributed by atoms with Gasteiger partial charge in [0.15, 0.2) is 0 Å². The van der Waals surface area contributed by atoms with Crippen LogP contribution >= 0.6 is 0 Å². The Labute approximate surface area is 187 Å². The van der Waals surface area contributed by atoms with E-state index in [0.29, 0.717) is 0 Å². The molecule has 0 heterocycles. The number of hydrogen-bond donors (Lipinski definition) is 0. The maximum Gasteiger partial charge on any atom is 0.234 e. The minimum Gasteiger partial charge on any atom is -0.228 e. The summed E-state index contributed by atoms with van der Waals surface area (Å²) in [5.41, 5.74) is -0.475. The van der Waals surface area contributed by atoms with E-state index in [0.717, 1.165) is 44.4 Å². The highest BCUT2D eigenvalue weighted by Gasteiger charge is 2.43. The SMILES string of the molecule is CCCCC1CCC(OOC(C)(C)CC(C)(C)C)(OOC(C)(C)CC(C)(C)C)CC1. The summed E-state index contributed by atoms with van der Waals surface area (Å²) >= 11 is 0. The fraction of sp³-hybridized carbons (Fsp3) is 1.00. The lowest BCUT2D eigenvalue weighted by molar-refractivity contribution is -0.550.